The number of halogens is 2. The summed E-state index contributed by atoms with van der Waals surface area (Å²) < 4.78 is 13.3. The number of nitrogens with one attached hydrogen (secondary N) is 1. The zero-order valence-corrected chi connectivity index (χ0v) is 14.3. The van der Waals surface area contributed by atoms with Crippen LogP contribution in [0.3, 0.4) is 0 Å². The normalized spacial score (nSPS) is 13.4. The summed E-state index contributed by atoms with van der Waals surface area (Å²) in [6.45, 7) is 0.221. The molecule has 3 rings (SSSR count). The van der Waals surface area contributed by atoms with E-state index in [1.54, 1.807) is 41.3 Å². The first-order chi connectivity index (χ1) is 12.0. The molecule has 1 saturated carbocycles. The Hall–Kier alpha value is -2.40. The molecule has 1 aliphatic rings. The van der Waals surface area contributed by atoms with Crippen molar-refractivity contribution in [3.8, 4) is 0 Å². The Balaban J connectivity index is 1.62. The van der Waals surface area contributed by atoms with Crippen molar-refractivity contribution in [2.45, 2.75) is 25.4 Å². The zero-order valence-electron chi connectivity index (χ0n) is 13.5. The maximum atomic E-state index is 13.3. The maximum Gasteiger partial charge on any atom is 0.253 e. The summed E-state index contributed by atoms with van der Waals surface area (Å²) in [6, 6.07) is 13.0. The number of rotatable bonds is 6. The number of carbonyl (C=O) groups is 2. The number of amides is 2. The first-order valence-electron chi connectivity index (χ1n) is 8.11. The minimum Gasteiger partial charge on any atom is -0.343 e. The third kappa shape index (κ3) is 4.57. The Labute approximate surface area is 150 Å². The molecule has 0 bridgehead atoms. The third-order valence-electron chi connectivity index (χ3n) is 4.07. The second-order valence-corrected chi connectivity index (χ2v) is 6.45. The SMILES string of the molecule is O=C(NCC(=O)N(Cc1cccc(F)c1)C1CC1)c1ccccc1Cl. The molecule has 0 heterocycles. The predicted molar refractivity (Wildman–Crippen MR) is 93.8 cm³/mol. The molecule has 0 radical (unpaired) electrons. The molecule has 2 amide bonds. The van der Waals surface area contributed by atoms with Crippen molar-refractivity contribution in [2.24, 2.45) is 0 Å². The second kappa shape index (κ2) is 7.66. The van der Waals surface area contributed by atoms with Crippen LogP contribution in [0, 0.1) is 5.82 Å². The molecule has 25 heavy (non-hydrogen) atoms. The molecule has 2 aromatic rings. The van der Waals surface area contributed by atoms with Gasteiger partial charge in [0.15, 0.2) is 0 Å². The molecule has 4 nitrogen and oxygen atoms in total. The van der Waals surface area contributed by atoms with Gasteiger partial charge in [-0.05, 0) is 42.7 Å². The van der Waals surface area contributed by atoms with Crippen LogP contribution in [0.5, 0.6) is 0 Å². The van der Waals surface area contributed by atoms with Crippen LogP contribution in [0.2, 0.25) is 5.02 Å². The summed E-state index contributed by atoms with van der Waals surface area (Å²) >= 11 is 5.99. The molecule has 6 heteroatoms. The number of carbonyl (C=O) groups excluding carboxylic acids is 2. The maximum absolute atomic E-state index is 13.3. The van der Waals surface area contributed by atoms with Crippen LogP contribution in [0.4, 0.5) is 4.39 Å². The summed E-state index contributed by atoms with van der Waals surface area (Å²) in [6.07, 6.45) is 1.86. The van der Waals surface area contributed by atoms with Gasteiger partial charge in [-0.1, -0.05) is 35.9 Å². The molecule has 0 saturated heterocycles. The van der Waals surface area contributed by atoms with E-state index in [4.69, 9.17) is 11.6 Å². The van der Waals surface area contributed by atoms with Gasteiger partial charge in [-0.25, -0.2) is 4.39 Å². The Kier molecular flexibility index (Phi) is 5.34. The highest BCUT2D eigenvalue weighted by Crippen LogP contribution is 2.28. The average Bonchev–Trinajstić information content (AvgIpc) is 3.42. The van der Waals surface area contributed by atoms with Gasteiger partial charge in [0.2, 0.25) is 5.91 Å². The van der Waals surface area contributed by atoms with Crippen LogP contribution >= 0.6 is 11.6 Å². The summed E-state index contributed by atoms with van der Waals surface area (Å²) in [5, 5.41) is 2.95. The second-order valence-electron chi connectivity index (χ2n) is 6.05. The van der Waals surface area contributed by atoms with E-state index in [0.717, 1.165) is 18.4 Å². The molecule has 130 valence electrons. The van der Waals surface area contributed by atoms with Crippen LogP contribution in [-0.2, 0) is 11.3 Å². The van der Waals surface area contributed by atoms with Crippen molar-refractivity contribution in [1.82, 2.24) is 10.2 Å². The standard InChI is InChI=1S/C19H18ClFN2O2/c20-17-7-2-1-6-16(17)19(25)22-11-18(24)23(15-8-9-15)12-13-4-3-5-14(21)10-13/h1-7,10,15H,8-9,11-12H2,(H,22,25). The van der Waals surface area contributed by atoms with Crippen molar-refractivity contribution < 1.29 is 14.0 Å². The summed E-state index contributed by atoms with van der Waals surface area (Å²) in [7, 11) is 0. The van der Waals surface area contributed by atoms with Gasteiger partial charge >= 0.3 is 0 Å². The molecule has 1 N–H and O–H groups in total. The van der Waals surface area contributed by atoms with Gasteiger partial charge in [0.1, 0.15) is 5.82 Å². The van der Waals surface area contributed by atoms with Crippen molar-refractivity contribution in [2.75, 3.05) is 6.54 Å². The molecule has 1 aliphatic carbocycles. The number of hydrogen-bond acceptors (Lipinski definition) is 2. The van der Waals surface area contributed by atoms with E-state index in [-0.39, 0.29) is 30.2 Å². The highest BCUT2D eigenvalue weighted by atomic mass is 35.5. The van der Waals surface area contributed by atoms with E-state index in [0.29, 0.717) is 17.1 Å². The van der Waals surface area contributed by atoms with Crippen LogP contribution in [0.15, 0.2) is 48.5 Å². The molecule has 0 unspecified atom stereocenters. The van der Waals surface area contributed by atoms with E-state index < -0.39 is 0 Å². The lowest BCUT2D eigenvalue weighted by Crippen LogP contribution is -2.41. The third-order valence-corrected chi connectivity index (χ3v) is 4.40. The number of nitrogens with zero attached hydrogens (tertiary/aromatic N) is 1. The minimum absolute atomic E-state index is 0.115. The quantitative estimate of drug-likeness (QED) is 0.858. The van der Waals surface area contributed by atoms with Gasteiger partial charge in [-0.15, -0.1) is 0 Å². The van der Waals surface area contributed by atoms with Crippen LogP contribution in [0.1, 0.15) is 28.8 Å². The number of benzene rings is 2. The Morgan fingerprint density at radius 3 is 2.60 bits per heavy atom. The first-order valence-corrected chi connectivity index (χ1v) is 8.49. The molecule has 2 aromatic carbocycles. The van der Waals surface area contributed by atoms with Crippen molar-refractivity contribution >= 4 is 23.4 Å². The lowest BCUT2D eigenvalue weighted by molar-refractivity contribution is -0.131. The highest BCUT2D eigenvalue weighted by molar-refractivity contribution is 6.33. The van der Waals surface area contributed by atoms with Crippen molar-refractivity contribution in [1.29, 1.82) is 0 Å². The average molecular weight is 361 g/mol. The van der Waals surface area contributed by atoms with E-state index in [1.807, 2.05) is 0 Å². The first kappa shape index (κ1) is 17.4. The van der Waals surface area contributed by atoms with Gasteiger partial charge in [0.25, 0.3) is 5.91 Å². The fraction of sp³-hybridized carbons (Fsp3) is 0.263. The van der Waals surface area contributed by atoms with Gasteiger partial charge < -0.3 is 10.2 Å². The van der Waals surface area contributed by atoms with Gasteiger partial charge in [-0.2, -0.15) is 0 Å². The number of hydrogen-bond donors (Lipinski definition) is 1. The fourth-order valence-corrected chi connectivity index (χ4v) is 2.86. The van der Waals surface area contributed by atoms with Crippen molar-refractivity contribution in [3.05, 3.63) is 70.5 Å². The van der Waals surface area contributed by atoms with Gasteiger partial charge in [0.05, 0.1) is 17.1 Å². The predicted octanol–water partition coefficient (Wildman–Crippen LogP) is 3.40. The molecule has 0 aliphatic heterocycles. The monoisotopic (exact) mass is 360 g/mol. The van der Waals surface area contributed by atoms with Crippen LogP contribution in [0.25, 0.3) is 0 Å². The summed E-state index contributed by atoms with van der Waals surface area (Å²) in [5.74, 6) is -0.902. The van der Waals surface area contributed by atoms with E-state index in [2.05, 4.69) is 5.32 Å². The Bertz CT molecular complexity index is 792. The smallest absolute Gasteiger partial charge is 0.253 e. The molecular formula is C19H18ClFN2O2. The Morgan fingerprint density at radius 2 is 1.92 bits per heavy atom. The molecule has 1 fully saturated rings. The fourth-order valence-electron chi connectivity index (χ4n) is 2.64. The minimum atomic E-state index is -0.388. The highest BCUT2D eigenvalue weighted by Gasteiger charge is 2.32. The topological polar surface area (TPSA) is 49.4 Å². The molecule has 0 aromatic heterocycles. The van der Waals surface area contributed by atoms with E-state index in [9.17, 15) is 14.0 Å². The van der Waals surface area contributed by atoms with Crippen LogP contribution in [-0.4, -0.2) is 29.3 Å². The van der Waals surface area contributed by atoms with E-state index in [1.165, 1.54) is 12.1 Å². The molecule has 0 spiro atoms. The largest absolute Gasteiger partial charge is 0.343 e. The lowest BCUT2D eigenvalue weighted by Gasteiger charge is -2.23. The summed E-state index contributed by atoms with van der Waals surface area (Å²) in [4.78, 5) is 26.4. The van der Waals surface area contributed by atoms with Gasteiger partial charge in [0, 0.05) is 12.6 Å². The molecule has 0 atom stereocenters. The Morgan fingerprint density at radius 1 is 1.16 bits per heavy atom. The summed E-state index contributed by atoms with van der Waals surface area (Å²) in [5.41, 5.74) is 1.07. The molecular weight excluding hydrogens is 343 g/mol. The van der Waals surface area contributed by atoms with Crippen LogP contribution < -0.4 is 5.32 Å². The van der Waals surface area contributed by atoms with E-state index >= 15 is 0 Å². The van der Waals surface area contributed by atoms with Gasteiger partial charge in [-0.3, -0.25) is 9.59 Å². The zero-order chi connectivity index (χ0) is 17.8. The van der Waals surface area contributed by atoms with Crippen molar-refractivity contribution in [3.63, 3.8) is 0 Å². The lowest BCUT2D eigenvalue weighted by atomic mass is 10.2.